The Morgan fingerprint density at radius 3 is 2.29 bits per heavy atom. The van der Waals surface area contributed by atoms with Gasteiger partial charge in [0.1, 0.15) is 22.7 Å². The number of carbonyl (C=O) groups excluding carboxylic acids is 1. The zero-order valence-electron chi connectivity index (χ0n) is 16.1. The van der Waals surface area contributed by atoms with Gasteiger partial charge in [-0.15, -0.1) is 0 Å². The lowest BCUT2D eigenvalue weighted by Crippen LogP contribution is -2.02. The van der Waals surface area contributed by atoms with Gasteiger partial charge in [0.15, 0.2) is 5.78 Å². The molecule has 142 valence electrons. The highest BCUT2D eigenvalue weighted by Gasteiger charge is 2.18. The van der Waals surface area contributed by atoms with Gasteiger partial charge in [0.05, 0.1) is 32.3 Å². The van der Waals surface area contributed by atoms with Crippen molar-refractivity contribution in [2.24, 2.45) is 7.05 Å². The fourth-order valence-corrected chi connectivity index (χ4v) is 3.35. The van der Waals surface area contributed by atoms with E-state index in [0.717, 1.165) is 28.0 Å². The first-order valence-electron chi connectivity index (χ1n) is 8.75. The third-order valence-corrected chi connectivity index (χ3v) is 4.71. The summed E-state index contributed by atoms with van der Waals surface area (Å²) in [5.74, 6) is 0.840. The predicted octanol–water partition coefficient (Wildman–Crippen LogP) is 3.62. The Bertz CT molecular complexity index is 1160. The minimum absolute atomic E-state index is 0.112. The molecule has 4 rings (SSSR count). The lowest BCUT2D eigenvalue weighted by atomic mass is 10.0. The van der Waals surface area contributed by atoms with Crippen LogP contribution in [0, 0.1) is 0 Å². The van der Waals surface area contributed by atoms with Gasteiger partial charge in [0.25, 0.3) is 0 Å². The average molecular weight is 376 g/mol. The highest BCUT2D eigenvalue weighted by atomic mass is 16.5. The molecule has 0 saturated heterocycles. The zero-order valence-corrected chi connectivity index (χ0v) is 16.1. The molecular weight excluding hydrogens is 356 g/mol. The number of benzene rings is 1. The van der Waals surface area contributed by atoms with Crippen LogP contribution in [0.3, 0.4) is 0 Å². The summed E-state index contributed by atoms with van der Waals surface area (Å²) in [6.45, 7) is 1.49. The third-order valence-electron chi connectivity index (χ3n) is 4.71. The highest BCUT2D eigenvalue weighted by molar-refractivity contribution is 6.00. The largest absolute Gasteiger partial charge is 0.496 e. The molecule has 0 unspecified atom stereocenters. The van der Waals surface area contributed by atoms with Crippen LogP contribution in [0.4, 0.5) is 0 Å². The van der Waals surface area contributed by atoms with Crippen LogP contribution in [0.5, 0.6) is 11.5 Å². The summed E-state index contributed by atoms with van der Waals surface area (Å²) >= 11 is 0. The molecule has 3 aromatic heterocycles. The van der Waals surface area contributed by atoms with Crippen molar-refractivity contribution >= 4 is 11.4 Å². The molecule has 0 radical (unpaired) electrons. The average Bonchev–Trinajstić information content (AvgIpc) is 3.32. The molecule has 3 heterocycles. The number of aromatic nitrogens is 4. The van der Waals surface area contributed by atoms with E-state index < -0.39 is 0 Å². The second kappa shape index (κ2) is 6.84. The molecule has 0 atom stereocenters. The summed E-state index contributed by atoms with van der Waals surface area (Å²) < 4.78 is 14.6. The van der Waals surface area contributed by atoms with Crippen molar-refractivity contribution in [2.45, 2.75) is 6.92 Å². The summed E-state index contributed by atoms with van der Waals surface area (Å²) in [7, 11) is 4.97. The van der Waals surface area contributed by atoms with Crippen molar-refractivity contribution < 1.29 is 14.3 Å². The van der Waals surface area contributed by atoms with Crippen LogP contribution < -0.4 is 9.47 Å². The normalized spacial score (nSPS) is 11.0. The highest BCUT2D eigenvalue weighted by Crippen LogP contribution is 2.36. The number of methoxy groups -OCH3 is 2. The lowest BCUT2D eigenvalue weighted by molar-refractivity contribution is 0.101. The predicted molar refractivity (Wildman–Crippen MR) is 106 cm³/mol. The molecule has 4 aromatic rings. The van der Waals surface area contributed by atoms with E-state index >= 15 is 0 Å². The fourth-order valence-electron chi connectivity index (χ4n) is 3.35. The topological polar surface area (TPSA) is 70.7 Å². The molecule has 0 saturated carbocycles. The molecule has 0 aliphatic rings. The van der Waals surface area contributed by atoms with E-state index in [4.69, 9.17) is 9.47 Å². The maximum atomic E-state index is 12.0. The van der Waals surface area contributed by atoms with Crippen LogP contribution in [0.25, 0.3) is 28.0 Å². The van der Waals surface area contributed by atoms with Crippen molar-refractivity contribution in [1.82, 2.24) is 19.2 Å². The van der Waals surface area contributed by atoms with Gasteiger partial charge < -0.3 is 9.47 Å². The number of aryl methyl sites for hydroxylation is 1. The second-order valence-corrected chi connectivity index (χ2v) is 6.50. The van der Waals surface area contributed by atoms with Crippen LogP contribution in [0.15, 0.2) is 49.1 Å². The number of ketones is 1. The molecule has 0 bridgehead atoms. The van der Waals surface area contributed by atoms with Crippen molar-refractivity contribution in [1.29, 1.82) is 0 Å². The first-order valence-corrected chi connectivity index (χ1v) is 8.75. The quantitative estimate of drug-likeness (QED) is 0.498. The molecule has 0 N–H and O–H groups in total. The number of pyridine rings is 1. The van der Waals surface area contributed by atoms with Crippen LogP contribution in [-0.4, -0.2) is 39.2 Å². The van der Waals surface area contributed by atoms with Gasteiger partial charge in [0.2, 0.25) is 0 Å². The minimum atomic E-state index is -0.112. The number of rotatable bonds is 5. The smallest absolute Gasteiger partial charge is 0.167 e. The summed E-state index contributed by atoms with van der Waals surface area (Å²) in [4.78, 5) is 16.5. The Hall–Kier alpha value is -3.61. The van der Waals surface area contributed by atoms with E-state index in [2.05, 4.69) is 10.1 Å². The van der Waals surface area contributed by atoms with Gasteiger partial charge in [-0.3, -0.25) is 13.9 Å². The molecule has 28 heavy (non-hydrogen) atoms. The molecule has 7 nitrogen and oxygen atoms in total. The van der Waals surface area contributed by atoms with Crippen LogP contribution in [0.2, 0.25) is 0 Å². The Morgan fingerprint density at radius 1 is 1.00 bits per heavy atom. The minimum Gasteiger partial charge on any atom is -0.496 e. The Labute approximate surface area is 162 Å². The van der Waals surface area contributed by atoms with Crippen LogP contribution in [0.1, 0.15) is 17.3 Å². The SMILES string of the molecule is COc1cc(-c2cnc3cc(-c4cnn(C)c4)ccn23)cc(OC)c1C(C)=O. The van der Waals surface area contributed by atoms with Crippen LogP contribution >= 0.6 is 0 Å². The summed E-state index contributed by atoms with van der Waals surface area (Å²) in [5.41, 5.74) is 5.04. The maximum absolute atomic E-state index is 12.0. The standard InChI is InChI=1S/C21H20N4O3/c1-13(26)21-18(27-3)7-15(8-19(21)28-4)17-11-22-20-9-14(5-6-25(17)20)16-10-23-24(2)12-16/h5-12H,1-4H3. The van der Waals surface area contributed by atoms with Gasteiger partial charge in [0, 0.05) is 30.6 Å². The van der Waals surface area contributed by atoms with Crippen molar-refractivity contribution in [3.05, 3.63) is 54.6 Å². The first-order chi connectivity index (χ1) is 13.5. The summed E-state index contributed by atoms with van der Waals surface area (Å²) in [6, 6.07) is 7.70. The second-order valence-electron chi connectivity index (χ2n) is 6.50. The molecule has 0 amide bonds. The molecule has 0 fully saturated rings. The zero-order chi connectivity index (χ0) is 19.8. The number of carbonyl (C=O) groups is 1. The molecule has 0 spiro atoms. The van der Waals surface area contributed by atoms with Gasteiger partial charge in [-0.25, -0.2) is 4.98 Å². The van der Waals surface area contributed by atoms with Crippen molar-refractivity contribution in [3.8, 4) is 33.9 Å². The molecule has 0 aliphatic carbocycles. The fraction of sp³-hybridized carbons (Fsp3) is 0.190. The molecule has 7 heteroatoms. The summed E-state index contributed by atoms with van der Waals surface area (Å²) in [5, 5.41) is 4.22. The molecular formula is C21H20N4O3. The van der Waals surface area contributed by atoms with Crippen LogP contribution in [-0.2, 0) is 7.05 Å². The number of fused-ring (bicyclic) bond motifs is 1. The van der Waals surface area contributed by atoms with Crippen molar-refractivity contribution in [2.75, 3.05) is 14.2 Å². The van der Waals surface area contributed by atoms with Crippen molar-refractivity contribution in [3.63, 3.8) is 0 Å². The number of nitrogens with zero attached hydrogens (tertiary/aromatic N) is 4. The Morgan fingerprint density at radius 2 is 1.71 bits per heavy atom. The molecule has 1 aromatic carbocycles. The number of ether oxygens (including phenoxy) is 2. The maximum Gasteiger partial charge on any atom is 0.167 e. The third kappa shape index (κ3) is 2.90. The number of hydrogen-bond donors (Lipinski definition) is 0. The first kappa shape index (κ1) is 17.8. The van der Waals surface area contributed by atoms with E-state index in [0.29, 0.717) is 17.1 Å². The van der Waals surface area contributed by atoms with Gasteiger partial charge in [-0.2, -0.15) is 5.10 Å². The van der Waals surface area contributed by atoms with Gasteiger partial charge in [-0.1, -0.05) is 0 Å². The Balaban J connectivity index is 1.84. The Kier molecular flexibility index (Phi) is 4.35. The number of imidazole rings is 1. The monoisotopic (exact) mass is 376 g/mol. The summed E-state index contributed by atoms with van der Waals surface area (Å²) in [6.07, 6.45) is 7.56. The van der Waals surface area contributed by atoms with Gasteiger partial charge in [-0.05, 0) is 36.8 Å². The molecule has 0 aliphatic heterocycles. The number of hydrogen-bond acceptors (Lipinski definition) is 5. The van der Waals surface area contributed by atoms with E-state index in [1.165, 1.54) is 6.92 Å². The van der Waals surface area contributed by atoms with E-state index in [1.807, 2.05) is 54.3 Å². The number of Topliss-reactive ketones (excluding diaryl/α,β-unsaturated/α-hetero) is 1. The van der Waals surface area contributed by atoms with E-state index in [1.54, 1.807) is 25.1 Å². The van der Waals surface area contributed by atoms with E-state index in [9.17, 15) is 4.79 Å². The van der Waals surface area contributed by atoms with Gasteiger partial charge >= 0.3 is 0 Å². The van der Waals surface area contributed by atoms with E-state index in [-0.39, 0.29) is 5.78 Å². The lowest BCUT2D eigenvalue weighted by Gasteiger charge is -2.13.